The number of rotatable bonds is 2. The maximum atomic E-state index is 12.8. The van der Waals surface area contributed by atoms with E-state index < -0.39 is 23.7 Å². The normalized spacial score (nSPS) is 17.4. The summed E-state index contributed by atoms with van der Waals surface area (Å²) in [5, 5.41) is 10.5. The minimum atomic E-state index is -1.25. The number of aromatic nitrogens is 1. The molecule has 27 heavy (non-hydrogen) atoms. The number of carbonyl (C=O) groups excluding carboxylic acids is 2. The average Bonchev–Trinajstić information content (AvgIpc) is 2.91. The third kappa shape index (κ3) is 3.32. The van der Waals surface area contributed by atoms with Gasteiger partial charge in [-0.3, -0.25) is 4.79 Å². The van der Waals surface area contributed by atoms with Crippen molar-refractivity contribution in [3.63, 3.8) is 0 Å². The molecule has 7 nitrogen and oxygen atoms in total. The molecular formula is C20H22N2O5. The Bertz CT molecular complexity index is 965. The van der Waals surface area contributed by atoms with Gasteiger partial charge in [0.05, 0.1) is 11.6 Å². The van der Waals surface area contributed by atoms with Crippen LogP contribution >= 0.6 is 0 Å². The van der Waals surface area contributed by atoms with Gasteiger partial charge in [-0.15, -0.1) is 0 Å². The smallest absolute Gasteiger partial charge is 0.419 e. The van der Waals surface area contributed by atoms with E-state index in [1.807, 2.05) is 0 Å². The van der Waals surface area contributed by atoms with Gasteiger partial charge >= 0.3 is 12.1 Å². The van der Waals surface area contributed by atoms with Crippen LogP contribution in [0, 0.1) is 0 Å². The van der Waals surface area contributed by atoms with Crippen molar-refractivity contribution in [2.75, 3.05) is 7.05 Å². The summed E-state index contributed by atoms with van der Waals surface area (Å²) in [6.07, 6.45) is 2.88. The summed E-state index contributed by atoms with van der Waals surface area (Å²) in [6.45, 7) is 5.16. The first kappa shape index (κ1) is 18.7. The first-order valence-electron chi connectivity index (χ1n) is 8.65. The molecule has 1 aromatic heterocycles. The zero-order valence-corrected chi connectivity index (χ0v) is 15.7. The fourth-order valence-corrected chi connectivity index (χ4v) is 3.35. The zero-order valence-electron chi connectivity index (χ0n) is 15.7. The number of aromatic carboxylic acids is 1. The molecule has 1 aliphatic heterocycles. The van der Waals surface area contributed by atoms with Gasteiger partial charge in [0.1, 0.15) is 11.3 Å². The van der Waals surface area contributed by atoms with Gasteiger partial charge in [0.15, 0.2) is 0 Å². The molecule has 7 heteroatoms. The summed E-state index contributed by atoms with van der Waals surface area (Å²) >= 11 is 0. The Hall–Kier alpha value is -3.09. The molecule has 0 saturated carbocycles. The second-order valence-electron chi connectivity index (χ2n) is 7.50. The Balaban J connectivity index is 2.30. The summed E-state index contributed by atoms with van der Waals surface area (Å²) in [5.41, 5.74) is -0.0808. The minimum absolute atomic E-state index is 0.176. The van der Waals surface area contributed by atoms with Gasteiger partial charge in [0, 0.05) is 18.0 Å². The fraction of sp³-hybridized carbons (Fsp3) is 0.350. The van der Waals surface area contributed by atoms with Crippen LogP contribution in [-0.2, 0) is 9.53 Å². The first-order valence-corrected chi connectivity index (χ1v) is 8.65. The number of likely N-dealkylation sites (N-methyl/N-ethyl adjacent to an activating group) is 1. The summed E-state index contributed by atoms with van der Waals surface area (Å²) in [5.74, 6) is -1.46. The summed E-state index contributed by atoms with van der Waals surface area (Å²) in [6, 6.07) is 6.46. The van der Waals surface area contributed by atoms with E-state index in [4.69, 9.17) is 4.74 Å². The van der Waals surface area contributed by atoms with Crippen molar-refractivity contribution in [1.82, 2.24) is 9.47 Å². The molecule has 2 aromatic rings. The Labute approximate surface area is 156 Å². The molecule has 1 amide bonds. The highest BCUT2D eigenvalue weighted by molar-refractivity contribution is 6.04. The maximum Gasteiger partial charge on any atom is 0.419 e. The van der Waals surface area contributed by atoms with E-state index in [9.17, 15) is 19.5 Å². The molecule has 142 valence electrons. The highest BCUT2D eigenvalue weighted by Crippen LogP contribution is 2.37. The molecule has 0 aliphatic carbocycles. The second-order valence-corrected chi connectivity index (χ2v) is 7.50. The molecule has 1 aliphatic rings. The van der Waals surface area contributed by atoms with E-state index in [0.717, 1.165) is 4.57 Å². The lowest BCUT2D eigenvalue weighted by molar-refractivity contribution is -0.127. The van der Waals surface area contributed by atoms with Crippen LogP contribution in [0.2, 0.25) is 0 Å². The fourth-order valence-electron chi connectivity index (χ4n) is 3.35. The van der Waals surface area contributed by atoms with Crippen LogP contribution in [0.25, 0.3) is 10.9 Å². The zero-order chi connectivity index (χ0) is 19.9. The molecule has 1 unspecified atom stereocenters. The number of nitrogens with zero attached hydrogens (tertiary/aromatic N) is 2. The van der Waals surface area contributed by atoms with Crippen molar-refractivity contribution in [2.45, 2.75) is 38.8 Å². The molecule has 1 aromatic carbocycles. The molecule has 3 rings (SSSR count). The molecule has 2 heterocycles. The van der Waals surface area contributed by atoms with Gasteiger partial charge in [-0.05, 0) is 39.3 Å². The molecule has 0 bridgehead atoms. The standard InChI is InChI=1S/C20H22N2O5/c1-20(2,3)27-19(26)22-13-9-6-5-8-12(13)16(17(22)18(24)25)14-10-7-11-15(23)21(14)4/h5-9,11,14H,10H2,1-4H3,(H,24,25). The number of hydrogen-bond donors (Lipinski definition) is 1. The lowest BCUT2D eigenvalue weighted by atomic mass is 9.96. The first-order chi connectivity index (χ1) is 12.6. The van der Waals surface area contributed by atoms with Crippen molar-refractivity contribution in [1.29, 1.82) is 0 Å². The Morgan fingerprint density at radius 1 is 1.22 bits per heavy atom. The summed E-state index contributed by atoms with van der Waals surface area (Å²) in [4.78, 5) is 38.6. The lowest BCUT2D eigenvalue weighted by Gasteiger charge is -2.30. The lowest BCUT2D eigenvalue weighted by Crippen LogP contribution is -2.33. The number of carbonyl (C=O) groups is 3. The molecule has 0 spiro atoms. The van der Waals surface area contributed by atoms with Crippen molar-refractivity contribution in [3.8, 4) is 0 Å². The van der Waals surface area contributed by atoms with Gasteiger partial charge in [0.2, 0.25) is 5.91 Å². The predicted octanol–water partition coefficient (Wildman–Crippen LogP) is 3.58. The van der Waals surface area contributed by atoms with Crippen LogP contribution in [-0.4, -0.2) is 45.2 Å². The quantitative estimate of drug-likeness (QED) is 0.873. The van der Waals surface area contributed by atoms with Gasteiger partial charge in [-0.2, -0.15) is 0 Å². The summed E-state index contributed by atoms with van der Waals surface area (Å²) < 4.78 is 6.53. The van der Waals surface area contributed by atoms with E-state index in [1.165, 1.54) is 11.0 Å². The maximum absolute atomic E-state index is 12.8. The van der Waals surface area contributed by atoms with Crippen LogP contribution in [0.1, 0.15) is 49.3 Å². The van der Waals surface area contributed by atoms with Gasteiger partial charge in [0.25, 0.3) is 0 Å². The highest BCUT2D eigenvalue weighted by Gasteiger charge is 2.35. The molecular weight excluding hydrogens is 348 g/mol. The number of fused-ring (bicyclic) bond motifs is 1. The van der Waals surface area contributed by atoms with Crippen molar-refractivity contribution >= 4 is 28.9 Å². The molecule has 0 saturated heterocycles. The molecule has 0 fully saturated rings. The number of amides is 1. The monoisotopic (exact) mass is 370 g/mol. The van der Waals surface area contributed by atoms with Gasteiger partial charge in [-0.1, -0.05) is 24.3 Å². The molecule has 0 radical (unpaired) electrons. The van der Waals surface area contributed by atoms with E-state index in [0.29, 0.717) is 22.9 Å². The van der Waals surface area contributed by atoms with Gasteiger partial charge < -0.3 is 14.7 Å². The Morgan fingerprint density at radius 3 is 2.52 bits per heavy atom. The van der Waals surface area contributed by atoms with Crippen LogP contribution in [0.3, 0.4) is 0 Å². The van der Waals surface area contributed by atoms with Crippen LogP contribution in [0.4, 0.5) is 4.79 Å². The third-order valence-corrected chi connectivity index (χ3v) is 4.46. The Kier molecular flexibility index (Phi) is 4.55. The molecule has 1 N–H and O–H groups in total. The number of benzene rings is 1. The third-order valence-electron chi connectivity index (χ3n) is 4.46. The van der Waals surface area contributed by atoms with E-state index in [2.05, 4.69) is 0 Å². The number of ether oxygens (including phenoxy) is 1. The van der Waals surface area contributed by atoms with Crippen LogP contribution in [0.15, 0.2) is 36.4 Å². The number of hydrogen-bond acceptors (Lipinski definition) is 4. The second kappa shape index (κ2) is 6.57. The number of carboxylic acids is 1. The van der Waals surface area contributed by atoms with Crippen molar-refractivity contribution < 1.29 is 24.2 Å². The van der Waals surface area contributed by atoms with Crippen molar-refractivity contribution in [2.24, 2.45) is 0 Å². The van der Waals surface area contributed by atoms with Gasteiger partial charge in [-0.25, -0.2) is 14.2 Å². The number of para-hydroxylation sites is 1. The van der Waals surface area contributed by atoms with Crippen LogP contribution in [0.5, 0.6) is 0 Å². The number of carboxylic acid groups (broad SMARTS) is 1. The van der Waals surface area contributed by atoms with E-state index in [-0.39, 0.29) is 11.6 Å². The average molecular weight is 370 g/mol. The van der Waals surface area contributed by atoms with Crippen molar-refractivity contribution in [3.05, 3.63) is 47.7 Å². The largest absolute Gasteiger partial charge is 0.477 e. The predicted molar refractivity (Wildman–Crippen MR) is 99.8 cm³/mol. The summed E-state index contributed by atoms with van der Waals surface area (Å²) in [7, 11) is 1.63. The highest BCUT2D eigenvalue weighted by atomic mass is 16.6. The molecule has 1 atom stereocenters. The minimum Gasteiger partial charge on any atom is -0.477 e. The van der Waals surface area contributed by atoms with E-state index >= 15 is 0 Å². The van der Waals surface area contributed by atoms with Crippen LogP contribution < -0.4 is 0 Å². The Morgan fingerprint density at radius 2 is 1.89 bits per heavy atom. The SMILES string of the molecule is CN1C(=O)C=CCC1c1c(C(=O)O)n(C(=O)OC(C)(C)C)c2ccccc12. The topological polar surface area (TPSA) is 88.8 Å². The van der Waals surface area contributed by atoms with E-state index in [1.54, 1.807) is 58.2 Å².